The molecule has 0 bridgehead atoms. The maximum absolute atomic E-state index is 8.89. The Kier molecular flexibility index (Phi) is 3.96. The van der Waals surface area contributed by atoms with Crippen molar-refractivity contribution in [3.8, 4) is 6.07 Å². The fraction of sp³-hybridized carbons (Fsp3) is 0. The second-order valence-corrected chi connectivity index (χ2v) is 6.41. The molecule has 0 atom stereocenters. The number of nitriles is 1. The molecule has 0 spiro atoms. The number of anilines is 2. The van der Waals surface area contributed by atoms with Gasteiger partial charge in [0.25, 0.3) is 0 Å². The van der Waals surface area contributed by atoms with E-state index in [0.717, 1.165) is 20.3 Å². The van der Waals surface area contributed by atoms with Crippen molar-refractivity contribution in [3.05, 3.63) is 69.1 Å². The standard InChI is InChI=1S/C17H10Br2N2/c18-14-4-2-13-9-15(5-3-12(13)8-14)21-17-6-1-11(10-20)7-16(17)19/h1-9,21H. The summed E-state index contributed by atoms with van der Waals surface area (Å²) in [4.78, 5) is 0. The highest BCUT2D eigenvalue weighted by molar-refractivity contribution is 9.10. The van der Waals surface area contributed by atoms with Gasteiger partial charge in [0.05, 0.1) is 17.3 Å². The Hall–Kier alpha value is -1.83. The van der Waals surface area contributed by atoms with Gasteiger partial charge in [-0.3, -0.25) is 0 Å². The summed E-state index contributed by atoms with van der Waals surface area (Å²) in [5, 5.41) is 14.6. The lowest BCUT2D eigenvalue weighted by Crippen LogP contribution is -1.92. The normalized spacial score (nSPS) is 10.3. The minimum atomic E-state index is 0.635. The van der Waals surface area contributed by atoms with Crippen LogP contribution in [0.5, 0.6) is 0 Å². The predicted molar refractivity (Wildman–Crippen MR) is 93.8 cm³/mol. The highest BCUT2D eigenvalue weighted by atomic mass is 79.9. The van der Waals surface area contributed by atoms with Gasteiger partial charge < -0.3 is 5.32 Å². The van der Waals surface area contributed by atoms with Crippen LogP contribution in [0.3, 0.4) is 0 Å². The van der Waals surface area contributed by atoms with Crippen LogP contribution in [0, 0.1) is 11.3 Å². The maximum Gasteiger partial charge on any atom is 0.0992 e. The van der Waals surface area contributed by atoms with E-state index in [-0.39, 0.29) is 0 Å². The third-order valence-corrected chi connectivity index (χ3v) is 4.33. The van der Waals surface area contributed by atoms with Crippen LogP contribution in [0.2, 0.25) is 0 Å². The van der Waals surface area contributed by atoms with Crippen molar-refractivity contribution in [1.29, 1.82) is 5.26 Å². The molecule has 0 saturated carbocycles. The van der Waals surface area contributed by atoms with Gasteiger partial charge in [0, 0.05) is 14.6 Å². The second-order valence-electron chi connectivity index (χ2n) is 4.64. The Morgan fingerprint density at radius 3 is 2.38 bits per heavy atom. The lowest BCUT2D eigenvalue weighted by molar-refractivity contribution is 1.46. The zero-order chi connectivity index (χ0) is 14.8. The highest BCUT2D eigenvalue weighted by Crippen LogP contribution is 2.29. The Bertz CT molecular complexity index is 866. The molecular formula is C17H10Br2N2. The van der Waals surface area contributed by atoms with Gasteiger partial charge in [-0.25, -0.2) is 0 Å². The number of benzene rings is 3. The Morgan fingerprint density at radius 2 is 1.62 bits per heavy atom. The summed E-state index contributed by atoms with van der Waals surface area (Å²) in [6.07, 6.45) is 0. The van der Waals surface area contributed by atoms with Crippen molar-refractivity contribution in [1.82, 2.24) is 0 Å². The van der Waals surface area contributed by atoms with Crippen LogP contribution in [0.4, 0.5) is 11.4 Å². The summed E-state index contributed by atoms with van der Waals surface area (Å²) in [5.74, 6) is 0. The van der Waals surface area contributed by atoms with Crippen molar-refractivity contribution < 1.29 is 0 Å². The molecule has 0 aliphatic heterocycles. The topological polar surface area (TPSA) is 35.8 Å². The van der Waals surface area contributed by atoms with Crippen molar-refractivity contribution in [3.63, 3.8) is 0 Å². The lowest BCUT2D eigenvalue weighted by Gasteiger charge is -2.10. The molecule has 0 unspecified atom stereocenters. The van der Waals surface area contributed by atoms with Crippen LogP contribution in [0.1, 0.15) is 5.56 Å². The first-order valence-electron chi connectivity index (χ1n) is 6.32. The van der Waals surface area contributed by atoms with E-state index in [1.807, 2.05) is 18.2 Å². The average Bonchev–Trinajstić information content (AvgIpc) is 2.49. The monoisotopic (exact) mass is 400 g/mol. The minimum absolute atomic E-state index is 0.635. The quantitative estimate of drug-likeness (QED) is 0.573. The van der Waals surface area contributed by atoms with E-state index in [1.54, 1.807) is 12.1 Å². The number of halogens is 2. The van der Waals surface area contributed by atoms with E-state index in [9.17, 15) is 0 Å². The molecule has 0 aromatic heterocycles. The van der Waals surface area contributed by atoms with Gasteiger partial charge in [-0.05, 0) is 69.2 Å². The summed E-state index contributed by atoms with van der Waals surface area (Å²) < 4.78 is 1.95. The maximum atomic E-state index is 8.89. The molecule has 102 valence electrons. The lowest BCUT2D eigenvalue weighted by atomic mass is 10.1. The highest BCUT2D eigenvalue weighted by Gasteiger charge is 2.03. The molecule has 0 amide bonds. The molecule has 3 aromatic carbocycles. The van der Waals surface area contributed by atoms with Crippen molar-refractivity contribution >= 4 is 54.0 Å². The molecule has 4 heteroatoms. The van der Waals surface area contributed by atoms with E-state index in [4.69, 9.17) is 5.26 Å². The van der Waals surface area contributed by atoms with E-state index < -0.39 is 0 Å². The average molecular weight is 402 g/mol. The smallest absolute Gasteiger partial charge is 0.0992 e. The molecule has 0 aliphatic carbocycles. The molecule has 21 heavy (non-hydrogen) atoms. The number of nitrogens with one attached hydrogen (secondary N) is 1. The largest absolute Gasteiger partial charge is 0.355 e. The number of hydrogen-bond donors (Lipinski definition) is 1. The molecule has 3 aromatic rings. The first-order valence-corrected chi connectivity index (χ1v) is 7.90. The zero-order valence-electron chi connectivity index (χ0n) is 10.9. The van der Waals surface area contributed by atoms with Crippen LogP contribution < -0.4 is 5.32 Å². The summed E-state index contributed by atoms with van der Waals surface area (Å²) in [6, 6.07) is 20.1. The van der Waals surface area contributed by atoms with Gasteiger partial charge in [0.15, 0.2) is 0 Å². The van der Waals surface area contributed by atoms with Crippen molar-refractivity contribution in [2.45, 2.75) is 0 Å². The first kappa shape index (κ1) is 14.1. The molecule has 2 nitrogen and oxygen atoms in total. The predicted octanol–water partition coefficient (Wildman–Crippen LogP) is 5.98. The number of hydrogen-bond acceptors (Lipinski definition) is 2. The third-order valence-electron chi connectivity index (χ3n) is 3.18. The molecule has 0 saturated heterocycles. The van der Waals surface area contributed by atoms with Crippen molar-refractivity contribution in [2.75, 3.05) is 5.32 Å². The van der Waals surface area contributed by atoms with Crippen LogP contribution in [-0.2, 0) is 0 Å². The first-order chi connectivity index (χ1) is 10.2. The summed E-state index contributed by atoms with van der Waals surface area (Å²) in [7, 11) is 0. The van der Waals surface area contributed by atoms with E-state index in [1.165, 1.54) is 10.8 Å². The molecule has 0 fully saturated rings. The van der Waals surface area contributed by atoms with Crippen LogP contribution >= 0.6 is 31.9 Å². The molecule has 0 radical (unpaired) electrons. The van der Waals surface area contributed by atoms with Gasteiger partial charge in [-0.15, -0.1) is 0 Å². The fourth-order valence-corrected chi connectivity index (χ4v) is 2.99. The van der Waals surface area contributed by atoms with E-state index in [2.05, 4.69) is 67.5 Å². The summed E-state index contributed by atoms with van der Waals surface area (Å²) in [6.45, 7) is 0. The Morgan fingerprint density at radius 1 is 0.857 bits per heavy atom. The van der Waals surface area contributed by atoms with E-state index in [0.29, 0.717) is 5.56 Å². The molecule has 3 rings (SSSR count). The number of fused-ring (bicyclic) bond motifs is 1. The minimum Gasteiger partial charge on any atom is -0.355 e. The van der Waals surface area contributed by atoms with Crippen LogP contribution in [0.15, 0.2) is 63.5 Å². The van der Waals surface area contributed by atoms with Gasteiger partial charge in [-0.2, -0.15) is 5.26 Å². The molecule has 0 aliphatic rings. The van der Waals surface area contributed by atoms with Crippen LogP contribution in [0.25, 0.3) is 10.8 Å². The zero-order valence-corrected chi connectivity index (χ0v) is 14.1. The third kappa shape index (κ3) is 3.10. The van der Waals surface area contributed by atoms with E-state index >= 15 is 0 Å². The van der Waals surface area contributed by atoms with Crippen LogP contribution in [-0.4, -0.2) is 0 Å². The van der Waals surface area contributed by atoms with Gasteiger partial charge in [0.1, 0.15) is 0 Å². The number of rotatable bonds is 2. The molecule has 0 heterocycles. The summed E-state index contributed by atoms with van der Waals surface area (Å²) in [5.41, 5.74) is 2.58. The Balaban J connectivity index is 1.95. The summed E-state index contributed by atoms with van der Waals surface area (Å²) >= 11 is 6.96. The van der Waals surface area contributed by atoms with Gasteiger partial charge in [0.2, 0.25) is 0 Å². The molecule has 1 N–H and O–H groups in total. The SMILES string of the molecule is N#Cc1ccc(Nc2ccc3cc(Br)ccc3c2)c(Br)c1. The Labute approximate surface area is 139 Å². The van der Waals surface area contributed by atoms with Gasteiger partial charge >= 0.3 is 0 Å². The second kappa shape index (κ2) is 5.88. The van der Waals surface area contributed by atoms with Gasteiger partial charge in [-0.1, -0.05) is 28.1 Å². The molecular weight excluding hydrogens is 392 g/mol. The fourth-order valence-electron chi connectivity index (χ4n) is 2.14. The number of nitrogens with zero attached hydrogens (tertiary/aromatic N) is 1. The van der Waals surface area contributed by atoms with Crippen molar-refractivity contribution in [2.24, 2.45) is 0 Å².